The Hall–Kier alpha value is -1.54. The van der Waals surface area contributed by atoms with Crippen molar-refractivity contribution in [3.8, 4) is 0 Å². The van der Waals surface area contributed by atoms with Gasteiger partial charge in [-0.25, -0.2) is 13.4 Å². The average molecular weight is 315 g/mol. The quantitative estimate of drug-likeness (QED) is 0.926. The van der Waals surface area contributed by atoms with Gasteiger partial charge in [-0.3, -0.25) is 14.7 Å². The van der Waals surface area contributed by atoms with Crippen molar-refractivity contribution in [2.45, 2.75) is 4.90 Å². The Kier molecular flexibility index (Phi) is 3.34. The number of nitrogens with one attached hydrogen (secondary N) is 1. The maximum atomic E-state index is 11.9. The molecule has 1 N–H and O–H groups in total. The second-order valence-corrected chi connectivity index (χ2v) is 5.63. The molecule has 8 heteroatoms. The monoisotopic (exact) mass is 314 g/mol. The van der Waals surface area contributed by atoms with E-state index in [2.05, 4.69) is 35.6 Å². The fourth-order valence-electron chi connectivity index (χ4n) is 1.09. The minimum absolute atomic E-state index is 0.0533. The van der Waals surface area contributed by atoms with Crippen molar-refractivity contribution >= 4 is 31.8 Å². The Morgan fingerprint density at radius 1 is 1.12 bits per heavy atom. The molecule has 17 heavy (non-hydrogen) atoms. The predicted molar refractivity (Wildman–Crippen MR) is 64.8 cm³/mol. The van der Waals surface area contributed by atoms with E-state index in [0.717, 1.165) is 0 Å². The molecule has 0 aliphatic carbocycles. The summed E-state index contributed by atoms with van der Waals surface area (Å²) in [5.41, 5.74) is 0. The van der Waals surface area contributed by atoms with E-state index in [1.54, 1.807) is 0 Å². The zero-order valence-electron chi connectivity index (χ0n) is 8.41. The summed E-state index contributed by atoms with van der Waals surface area (Å²) in [6.07, 6.45) is 6.93. The van der Waals surface area contributed by atoms with Crippen LogP contribution in [0, 0.1) is 0 Å². The lowest BCUT2D eigenvalue weighted by Crippen LogP contribution is -2.14. The zero-order chi connectivity index (χ0) is 12.3. The largest absolute Gasteiger partial charge is 0.264 e. The van der Waals surface area contributed by atoms with Crippen LogP contribution in [-0.4, -0.2) is 23.4 Å². The van der Waals surface area contributed by atoms with E-state index in [9.17, 15) is 8.42 Å². The summed E-state index contributed by atoms with van der Waals surface area (Å²) in [6, 6.07) is 1.45. The van der Waals surface area contributed by atoms with Crippen LogP contribution in [0.5, 0.6) is 0 Å². The van der Waals surface area contributed by atoms with Gasteiger partial charge in [0, 0.05) is 29.3 Å². The first kappa shape index (κ1) is 11.9. The number of anilines is 1. The van der Waals surface area contributed by atoms with Gasteiger partial charge in [0.2, 0.25) is 0 Å². The molecule has 88 valence electrons. The SMILES string of the molecule is O=S(=O)(Nc1cnccn1)c1cncc(Br)c1. The molecule has 0 atom stereocenters. The topological polar surface area (TPSA) is 84.8 Å². The maximum Gasteiger partial charge on any atom is 0.264 e. The molecule has 0 fully saturated rings. The third kappa shape index (κ3) is 2.98. The molecule has 0 aromatic carbocycles. The number of sulfonamides is 1. The van der Waals surface area contributed by atoms with E-state index in [4.69, 9.17) is 0 Å². The molecule has 0 amide bonds. The lowest BCUT2D eigenvalue weighted by molar-refractivity contribution is 0.600. The van der Waals surface area contributed by atoms with E-state index < -0.39 is 10.0 Å². The molecule has 0 unspecified atom stereocenters. The third-order valence-corrected chi connectivity index (χ3v) is 3.55. The zero-order valence-corrected chi connectivity index (χ0v) is 10.8. The van der Waals surface area contributed by atoms with Crippen LogP contribution in [0.4, 0.5) is 5.82 Å². The molecule has 2 aromatic rings. The fourth-order valence-corrected chi connectivity index (χ4v) is 2.58. The summed E-state index contributed by atoms with van der Waals surface area (Å²) in [6.45, 7) is 0. The van der Waals surface area contributed by atoms with Gasteiger partial charge in [0.15, 0.2) is 5.82 Å². The Morgan fingerprint density at radius 3 is 2.59 bits per heavy atom. The van der Waals surface area contributed by atoms with Crippen molar-refractivity contribution < 1.29 is 8.42 Å². The van der Waals surface area contributed by atoms with Crippen LogP contribution < -0.4 is 4.72 Å². The number of aromatic nitrogens is 3. The number of rotatable bonds is 3. The van der Waals surface area contributed by atoms with Gasteiger partial charge in [0.05, 0.1) is 6.20 Å². The van der Waals surface area contributed by atoms with Gasteiger partial charge in [-0.15, -0.1) is 0 Å². The minimum Gasteiger partial charge on any atom is -0.262 e. The van der Waals surface area contributed by atoms with E-state index in [0.29, 0.717) is 4.47 Å². The van der Waals surface area contributed by atoms with Crippen LogP contribution in [0.3, 0.4) is 0 Å². The summed E-state index contributed by atoms with van der Waals surface area (Å²) < 4.78 is 26.7. The Balaban J connectivity index is 2.32. The number of halogens is 1. The lowest BCUT2D eigenvalue weighted by atomic mass is 10.5. The molecule has 0 saturated carbocycles. The first-order chi connectivity index (χ1) is 8.08. The molecule has 2 aromatic heterocycles. The van der Waals surface area contributed by atoms with Gasteiger partial charge in [-0.2, -0.15) is 0 Å². The molecular formula is C9H7BrN4O2S. The van der Waals surface area contributed by atoms with E-state index in [1.807, 2.05) is 0 Å². The highest BCUT2D eigenvalue weighted by Gasteiger charge is 2.15. The van der Waals surface area contributed by atoms with Crippen molar-refractivity contribution in [2.24, 2.45) is 0 Å². The molecule has 0 spiro atoms. The Bertz CT molecular complexity index is 618. The van der Waals surface area contributed by atoms with Crippen molar-refractivity contribution in [1.29, 1.82) is 0 Å². The lowest BCUT2D eigenvalue weighted by Gasteiger charge is -2.06. The number of hydrogen-bond donors (Lipinski definition) is 1. The average Bonchev–Trinajstić information content (AvgIpc) is 2.30. The van der Waals surface area contributed by atoms with Gasteiger partial charge in [-0.1, -0.05) is 0 Å². The maximum absolute atomic E-state index is 11.9. The fraction of sp³-hybridized carbons (Fsp3) is 0. The highest BCUT2D eigenvalue weighted by atomic mass is 79.9. The predicted octanol–water partition coefficient (Wildman–Crippen LogP) is 1.43. The van der Waals surface area contributed by atoms with Crippen LogP contribution in [0.1, 0.15) is 0 Å². The van der Waals surface area contributed by atoms with Crippen molar-refractivity contribution in [3.63, 3.8) is 0 Å². The smallest absolute Gasteiger partial charge is 0.262 e. The normalized spacial score (nSPS) is 11.1. The number of pyridine rings is 1. The van der Waals surface area contributed by atoms with E-state index in [1.165, 1.54) is 37.1 Å². The molecule has 0 aliphatic heterocycles. The number of nitrogens with zero attached hydrogens (tertiary/aromatic N) is 3. The second kappa shape index (κ2) is 4.76. The van der Waals surface area contributed by atoms with Gasteiger partial charge < -0.3 is 0 Å². The highest BCUT2D eigenvalue weighted by molar-refractivity contribution is 9.10. The number of hydrogen-bond acceptors (Lipinski definition) is 5. The Morgan fingerprint density at radius 2 is 1.94 bits per heavy atom. The summed E-state index contributed by atoms with van der Waals surface area (Å²) in [4.78, 5) is 11.4. The van der Waals surface area contributed by atoms with Crippen LogP contribution in [0.25, 0.3) is 0 Å². The third-order valence-electron chi connectivity index (χ3n) is 1.79. The Labute approximate surface area is 106 Å². The van der Waals surface area contributed by atoms with E-state index in [-0.39, 0.29) is 10.7 Å². The van der Waals surface area contributed by atoms with Gasteiger partial charge in [0.1, 0.15) is 4.90 Å². The molecule has 6 nitrogen and oxygen atoms in total. The van der Waals surface area contributed by atoms with Gasteiger partial charge in [0.25, 0.3) is 10.0 Å². The van der Waals surface area contributed by atoms with Crippen LogP contribution >= 0.6 is 15.9 Å². The second-order valence-electron chi connectivity index (χ2n) is 3.04. The molecule has 0 saturated heterocycles. The van der Waals surface area contributed by atoms with Gasteiger partial charge in [-0.05, 0) is 22.0 Å². The summed E-state index contributed by atoms with van der Waals surface area (Å²) in [5.74, 6) is 0.160. The highest BCUT2D eigenvalue weighted by Crippen LogP contribution is 2.16. The molecule has 2 rings (SSSR count). The standard InChI is InChI=1S/C9H7BrN4O2S/c10-7-3-8(5-12-4-7)17(15,16)14-9-6-11-1-2-13-9/h1-6H,(H,13,14). The first-order valence-corrected chi connectivity index (χ1v) is 6.75. The molecule has 0 aliphatic rings. The van der Waals surface area contributed by atoms with Crippen molar-refractivity contribution in [1.82, 2.24) is 15.0 Å². The van der Waals surface area contributed by atoms with Crippen LogP contribution in [0.2, 0.25) is 0 Å². The van der Waals surface area contributed by atoms with Crippen LogP contribution in [-0.2, 0) is 10.0 Å². The first-order valence-electron chi connectivity index (χ1n) is 4.47. The summed E-state index contributed by atoms with van der Waals surface area (Å²) in [7, 11) is -3.68. The molecule has 0 radical (unpaired) electrons. The molecular weight excluding hydrogens is 308 g/mol. The summed E-state index contributed by atoms with van der Waals surface area (Å²) in [5, 5.41) is 0. The molecule has 0 bridgehead atoms. The summed E-state index contributed by atoms with van der Waals surface area (Å²) >= 11 is 3.16. The van der Waals surface area contributed by atoms with Crippen molar-refractivity contribution in [3.05, 3.63) is 41.5 Å². The van der Waals surface area contributed by atoms with E-state index >= 15 is 0 Å². The van der Waals surface area contributed by atoms with Crippen molar-refractivity contribution in [2.75, 3.05) is 4.72 Å². The minimum atomic E-state index is -3.68. The molecule has 2 heterocycles. The van der Waals surface area contributed by atoms with Gasteiger partial charge >= 0.3 is 0 Å². The van der Waals surface area contributed by atoms with Crippen LogP contribution in [0.15, 0.2) is 46.4 Å².